The summed E-state index contributed by atoms with van der Waals surface area (Å²) in [5, 5.41) is 14.1. The highest BCUT2D eigenvalue weighted by molar-refractivity contribution is 6.31. The van der Waals surface area contributed by atoms with E-state index in [0.717, 1.165) is 5.56 Å². The third kappa shape index (κ3) is 4.50. The van der Waals surface area contributed by atoms with Crippen molar-refractivity contribution in [3.63, 3.8) is 0 Å². The molecular weight excluding hydrogens is 384 g/mol. The normalized spacial score (nSPS) is 10.5. The van der Waals surface area contributed by atoms with Gasteiger partial charge in [0.15, 0.2) is 5.76 Å². The highest BCUT2D eigenvalue weighted by Gasteiger charge is 2.15. The number of amides is 1. The van der Waals surface area contributed by atoms with Crippen molar-refractivity contribution in [3.8, 4) is 5.75 Å². The minimum absolute atomic E-state index is 0.0367. The summed E-state index contributed by atoms with van der Waals surface area (Å²) in [7, 11) is 0. The van der Waals surface area contributed by atoms with E-state index >= 15 is 0 Å². The van der Waals surface area contributed by atoms with Gasteiger partial charge in [0.25, 0.3) is 11.6 Å². The smallest absolute Gasteiger partial charge is 0.291 e. The maximum absolute atomic E-state index is 12.4. The Labute approximate surface area is 166 Å². The molecule has 7 nitrogen and oxygen atoms in total. The number of ether oxygens (including phenoxy) is 1. The van der Waals surface area contributed by atoms with Gasteiger partial charge in [0.05, 0.1) is 4.92 Å². The molecule has 0 atom stereocenters. The topological polar surface area (TPSA) is 94.6 Å². The molecule has 144 valence electrons. The van der Waals surface area contributed by atoms with Crippen molar-refractivity contribution in [1.82, 2.24) is 0 Å². The molecule has 0 saturated heterocycles. The molecule has 1 N–H and O–H groups in total. The van der Waals surface area contributed by atoms with E-state index in [2.05, 4.69) is 5.32 Å². The Morgan fingerprint density at radius 1 is 1.14 bits per heavy atom. The van der Waals surface area contributed by atoms with Crippen LogP contribution < -0.4 is 10.1 Å². The van der Waals surface area contributed by atoms with E-state index in [-0.39, 0.29) is 18.1 Å². The van der Waals surface area contributed by atoms with Crippen LogP contribution in [0.25, 0.3) is 0 Å². The molecule has 8 heteroatoms. The molecule has 1 amide bonds. The number of nitro benzene ring substituents is 1. The van der Waals surface area contributed by atoms with E-state index in [9.17, 15) is 14.9 Å². The Morgan fingerprint density at radius 3 is 2.61 bits per heavy atom. The van der Waals surface area contributed by atoms with Crippen LogP contribution in [0.15, 0.2) is 52.9 Å². The molecule has 3 rings (SSSR count). The number of anilines is 1. The minimum Gasteiger partial charge on any atom is -0.486 e. The Bertz CT molecular complexity index is 1040. The molecule has 0 saturated carbocycles. The molecule has 0 spiro atoms. The lowest BCUT2D eigenvalue weighted by atomic mass is 10.2. The Kier molecular flexibility index (Phi) is 5.65. The molecular formula is C20H17ClN2O5. The first kappa shape index (κ1) is 19.4. The van der Waals surface area contributed by atoms with E-state index < -0.39 is 10.8 Å². The summed E-state index contributed by atoms with van der Waals surface area (Å²) in [6, 6.07) is 12.7. The van der Waals surface area contributed by atoms with Crippen LogP contribution in [-0.2, 0) is 6.61 Å². The molecule has 28 heavy (non-hydrogen) atoms. The van der Waals surface area contributed by atoms with Gasteiger partial charge < -0.3 is 14.5 Å². The number of nitrogens with one attached hydrogen (secondary N) is 1. The first-order valence-corrected chi connectivity index (χ1v) is 8.75. The highest BCUT2D eigenvalue weighted by Crippen LogP contribution is 2.24. The van der Waals surface area contributed by atoms with Crippen LogP contribution in [0.3, 0.4) is 0 Å². The SMILES string of the molecule is Cc1cc(OCc2ccc(C(=O)Nc3ccc([N+](=O)[O-])cc3C)o2)ccc1Cl. The van der Waals surface area contributed by atoms with Crippen LogP contribution in [-0.4, -0.2) is 10.8 Å². The summed E-state index contributed by atoms with van der Waals surface area (Å²) >= 11 is 5.99. The first-order valence-electron chi connectivity index (χ1n) is 8.37. The predicted molar refractivity (Wildman–Crippen MR) is 105 cm³/mol. The van der Waals surface area contributed by atoms with E-state index in [4.69, 9.17) is 20.8 Å². The fourth-order valence-corrected chi connectivity index (χ4v) is 2.64. The van der Waals surface area contributed by atoms with Gasteiger partial charge in [-0.3, -0.25) is 14.9 Å². The van der Waals surface area contributed by atoms with Crippen molar-refractivity contribution >= 4 is 28.9 Å². The maximum atomic E-state index is 12.4. The van der Waals surface area contributed by atoms with Crippen LogP contribution >= 0.6 is 11.6 Å². The second-order valence-electron chi connectivity index (χ2n) is 6.18. The second kappa shape index (κ2) is 8.14. The minimum atomic E-state index is -0.487. The number of non-ortho nitro benzene ring substituents is 1. The number of nitro groups is 1. The third-order valence-electron chi connectivity index (χ3n) is 4.06. The van der Waals surface area contributed by atoms with Crippen molar-refractivity contribution < 1.29 is 18.9 Å². The molecule has 0 unspecified atom stereocenters. The number of hydrogen-bond acceptors (Lipinski definition) is 5. The summed E-state index contributed by atoms with van der Waals surface area (Å²) in [5.74, 6) is 0.790. The van der Waals surface area contributed by atoms with E-state index in [1.807, 2.05) is 13.0 Å². The maximum Gasteiger partial charge on any atom is 0.291 e. The number of aryl methyl sites for hydroxylation is 2. The van der Waals surface area contributed by atoms with Gasteiger partial charge in [0.1, 0.15) is 18.1 Å². The van der Waals surface area contributed by atoms with Crippen molar-refractivity contribution in [2.75, 3.05) is 5.32 Å². The van der Waals surface area contributed by atoms with Crippen molar-refractivity contribution in [2.24, 2.45) is 0 Å². The first-order chi connectivity index (χ1) is 13.3. The Hall–Kier alpha value is -3.32. The van der Waals surface area contributed by atoms with Gasteiger partial charge in [-0.05, 0) is 61.4 Å². The molecule has 2 aromatic carbocycles. The molecule has 0 aliphatic heterocycles. The van der Waals surface area contributed by atoms with E-state index in [0.29, 0.717) is 27.8 Å². The van der Waals surface area contributed by atoms with Gasteiger partial charge in [-0.15, -0.1) is 0 Å². The zero-order valence-electron chi connectivity index (χ0n) is 15.2. The van der Waals surface area contributed by atoms with Crippen molar-refractivity contribution in [2.45, 2.75) is 20.5 Å². The monoisotopic (exact) mass is 400 g/mol. The van der Waals surface area contributed by atoms with E-state index in [1.165, 1.54) is 18.2 Å². The van der Waals surface area contributed by atoms with Crippen LogP contribution in [0.2, 0.25) is 5.02 Å². The number of nitrogens with zero attached hydrogens (tertiary/aromatic N) is 1. The number of furan rings is 1. The number of hydrogen-bond donors (Lipinski definition) is 1. The zero-order valence-corrected chi connectivity index (χ0v) is 15.9. The van der Waals surface area contributed by atoms with Gasteiger partial charge in [-0.2, -0.15) is 0 Å². The lowest BCUT2D eigenvalue weighted by Gasteiger charge is -2.07. The lowest BCUT2D eigenvalue weighted by Crippen LogP contribution is -2.12. The molecule has 0 aliphatic carbocycles. The number of benzene rings is 2. The summed E-state index contributed by atoms with van der Waals surface area (Å²) in [6.45, 7) is 3.72. The second-order valence-corrected chi connectivity index (χ2v) is 6.58. The lowest BCUT2D eigenvalue weighted by molar-refractivity contribution is -0.384. The van der Waals surface area contributed by atoms with Crippen LogP contribution in [0.5, 0.6) is 5.75 Å². The van der Waals surface area contributed by atoms with Crippen LogP contribution in [0.1, 0.15) is 27.4 Å². The zero-order chi connectivity index (χ0) is 20.3. The van der Waals surface area contributed by atoms with Gasteiger partial charge >= 0.3 is 0 Å². The van der Waals surface area contributed by atoms with E-state index in [1.54, 1.807) is 31.2 Å². The molecule has 0 bridgehead atoms. The van der Waals surface area contributed by atoms with Gasteiger partial charge in [0.2, 0.25) is 0 Å². The van der Waals surface area contributed by atoms with Crippen LogP contribution in [0, 0.1) is 24.0 Å². The molecule has 0 radical (unpaired) electrons. The third-order valence-corrected chi connectivity index (χ3v) is 4.49. The van der Waals surface area contributed by atoms with Gasteiger partial charge in [-0.25, -0.2) is 0 Å². The number of carbonyl (C=O) groups is 1. The van der Waals surface area contributed by atoms with Gasteiger partial charge in [-0.1, -0.05) is 11.6 Å². The molecule has 0 fully saturated rings. The fraction of sp³-hybridized carbons (Fsp3) is 0.150. The average molecular weight is 401 g/mol. The largest absolute Gasteiger partial charge is 0.486 e. The summed E-state index contributed by atoms with van der Waals surface area (Å²) in [5.41, 5.74) is 1.92. The summed E-state index contributed by atoms with van der Waals surface area (Å²) in [4.78, 5) is 22.7. The van der Waals surface area contributed by atoms with Crippen molar-refractivity contribution in [1.29, 1.82) is 0 Å². The predicted octanol–water partition coefficient (Wildman–Crippen LogP) is 5.29. The Morgan fingerprint density at radius 2 is 1.93 bits per heavy atom. The highest BCUT2D eigenvalue weighted by atomic mass is 35.5. The summed E-state index contributed by atoms with van der Waals surface area (Å²) < 4.78 is 11.2. The average Bonchev–Trinajstić information content (AvgIpc) is 3.13. The molecule has 3 aromatic rings. The summed E-state index contributed by atoms with van der Waals surface area (Å²) in [6.07, 6.45) is 0. The quantitative estimate of drug-likeness (QED) is 0.448. The number of halogens is 1. The number of carbonyl (C=O) groups excluding carboxylic acids is 1. The van der Waals surface area contributed by atoms with Crippen molar-refractivity contribution in [3.05, 3.63) is 86.3 Å². The Balaban J connectivity index is 1.63. The standard InChI is InChI=1S/C20H17ClN2O5/c1-12-10-15(4-6-17(12)21)27-11-16-5-8-19(28-16)20(24)22-18-7-3-14(23(25)26)9-13(18)2/h3-10H,11H2,1-2H3,(H,22,24). The number of rotatable bonds is 6. The molecule has 0 aliphatic rings. The molecule has 1 aromatic heterocycles. The molecule has 1 heterocycles. The van der Waals surface area contributed by atoms with Gasteiger partial charge in [0, 0.05) is 22.8 Å². The fourth-order valence-electron chi connectivity index (χ4n) is 2.52. The van der Waals surface area contributed by atoms with Crippen LogP contribution in [0.4, 0.5) is 11.4 Å².